The summed E-state index contributed by atoms with van der Waals surface area (Å²) in [6.07, 6.45) is 3.32. The Labute approximate surface area is 149 Å². The minimum absolute atomic E-state index is 0. The van der Waals surface area contributed by atoms with Gasteiger partial charge >= 0.3 is 0 Å². The van der Waals surface area contributed by atoms with Crippen LogP contribution in [0.3, 0.4) is 0 Å². The summed E-state index contributed by atoms with van der Waals surface area (Å²) in [6.45, 7) is 1.81. The maximum Gasteiger partial charge on any atom is 0.241 e. The molecule has 0 spiro atoms. The Morgan fingerprint density at radius 2 is 1.71 bits per heavy atom. The molecule has 0 atom stereocenters. The van der Waals surface area contributed by atoms with Crippen molar-refractivity contribution in [2.45, 2.75) is 47.9 Å². The lowest BCUT2D eigenvalue weighted by Crippen LogP contribution is -2.51. The van der Waals surface area contributed by atoms with Crippen molar-refractivity contribution in [1.82, 2.24) is 9.44 Å². The molecule has 4 N–H and O–H groups in total. The Balaban J connectivity index is 0.00000288. The fraction of sp³-hybridized carbons (Fsp3) is 0.571. The minimum atomic E-state index is -3.75. The predicted molar refractivity (Wildman–Crippen MR) is 95.2 cm³/mol. The molecule has 0 radical (unpaired) electrons. The number of benzene rings is 1. The van der Waals surface area contributed by atoms with Crippen molar-refractivity contribution in [3.63, 3.8) is 0 Å². The highest BCUT2D eigenvalue weighted by Gasteiger charge is 2.37. The van der Waals surface area contributed by atoms with E-state index in [-0.39, 0.29) is 28.7 Å². The topological polar surface area (TPSA) is 118 Å². The molecule has 1 aromatic carbocycles. The van der Waals surface area contributed by atoms with Gasteiger partial charge in [0.25, 0.3) is 0 Å². The smallest absolute Gasteiger partial charge is 0.241 e. The molecule has 1 aromatic rings. The van der Waals surface area contributed by atoms with Gasteiger partial charge < -0.3 is 5.73 Å². The van der Waals surface area contributed by atoms with Crippen molar-refractivity contribution in [2.24, 2.45) is 5.73 Å². The van der Waals surface area contributed by atoms with Gasteiger partial charge in [-0.15, -0.1) is 12.4 Å². The van der Waals surface area contributed by atoms with Gasteiger partial charge in [-0.3, -0.25) is 0 Å². The first-order chi connectivity index (χ1) is 10.7. The van der Waals surface area contributed by atoms with Crippen molar-refractivity contribution in [3.8, 4) is 0 Å². The monoisotopic (exact) mass is 397 g/mol. The molecule has 1 fully saturated rings. The summed E-state index contributed by atoms with van der Waals surface area (Å²) in [7, 11) is -6.05. The van der Waals surface area contributed by atoms with Crippen molar-refractivity contribution in [2.75, 3.05) is 13.6 Å². The number of aryl methyl sites for hydroxylation is 1. The van der Waals surface area contributed by atoms with E-state index in [1.165, 1.54) is 25.2 Å². The third-order valence-electron chi connectivity index (χ3n) is 4.32. The Hall–Kier alpha value is -0.710. The van der Waals surface area contributed by atoms with Gasteiger partial charge in [-0.05, 0) is 50.6 Å². The first kappa shape index (κ1) is 21.3. The molecule has 0 amide bonds. The summed E-state index contributed by atoms with van der Waals surface area (Å²) >= 11 is 0. The Kier molecular flexibility index (Phi) is 6.82. The van der Waals surface area contributed by atoms with Gasteiger partial charge in [-0.2, -0.15) is 0 Å². The van der Waals surface area contributed by atoms with Gasteiger partial charge in [0.2, 0.25) is 20.0 Å². The first-order valence-corrected chi connectivity index (χ1v) is 10.4. The van der Waals surface area contributed by atoms with Gasteiger partial charge in [-0.1, -0.05) is 12.8 Å². The maximum absolute atomic E-state index is 12.6. The third kappa shape index (κ3) is 4.27. The molecule has 1 aliphatic carbocycles. The maximum atomic E-state index is 12.6. The zero-order valence-corrected chi connectivity index (χ0v) is 16.2. The SMILES string of the molecule is CNS(=O)(=O)c1ccc(S(=O)(=O)NC2(CN)CCCC2)cc1C.Cl. The Morgan fingerprint density at radius 3 is 2.17 bits per heavy atom. The second-order valence-electron chi connectivity index (χ2n) is 5.93. The summed E-state index contributed by atoms with van der Waals surface area (Å²) < 4.78 is 53.9. The van der Waals surface area contributed by atoms with E-state index in [1.807, 2.05) is 0 Å². The lowest BCUT2D eigenvalue weighted by molar-refractivity contribution is 0.399. The van der Waals surface area contributed by atoms with Crippen LogP contribution in [-0.4, -0.2) is 36.0 Å². The number of halogens is 1. The summed E-state index contributed by atoms with van der Waals surface area (Å²) in [6, 6.07) is 3.98. The second kappa shape index (κ2) is 7.67. The van der Waals surface area contributed by atoms with Crippen LogP contribution in [0.15, 0.2) is 28.0 Å². The van der Waals surface area contributed by atoms with E-state index >= 15 is 0 Å². The number of nitrogens with one attached hydrogen (secondary N) is 2. The van der Waals surface area contributed by atoms with E-state index in [0.717, 1.165) is 12.8 Å². The van der Waals surface area contributed by atoms with Crippen LogP contribution in [0.1, 0.15) is 31.2 Å². The van der Waals surface area contributed by atoms with E-state index in [2.05, 4.69) is 9.44 Å². The zero-order valence-electron chi connectivity index (χ0n) is 13.7. The van der Waals surface area contributed by atoms with Crippen LogP contribution in [0, 0.1) is 6.92 Å². The van der Waals surface area contributed by atoms with Gasteiger partial charge in [0, 0.05) is 12.1 Å². The molecule has 24 heavy (non-hydrogen) atoms. The number of hydrogen-bond donors (Lipinski definition) is 3. The normalized spacial score (nSPS) is 17.5. The highest BCUT2D eigenvalue weighted by molar-refractivity contribution is 7.90. The van der Waals surface area contributed by atoms with Crippen LogP contribution in [0.5, 0.6) is 0 Å². The molecule has 10 heteroatoms. The highest BCUT2D eigenvalue weighted by atomic mass is 35.5. The summed E-state index contributed by atoms with van der Waals surface area (Å²) in [5.41, 5.74) is 5.54. The summed E-state index contributed by atoms with van der Waals surface area (Å²) in [5.74, 6) is 0. The standard InChI is InChI=1S/C14H23N3O4S2.ClH/c1-11-9-12(5-6-13(11)23(20,21)16-2)22(18,19)17-14(10-15)7-3-4-8-14;/h5-6,9,16-17H,3-4,7-8,10,15H2,1-2H3;1H. The molecular formula is C14H24ClN3O4S2. The van der Waals surface area contributed by atoms with Gasteiger partial charge in [-0.25, -0.2) is 26.3 Å². The van der Waals surface area contributed by atoms with E-state index in [9.17, 15) is 16.8 Å². The van der Waals surface area contributed by atoms with E-state index in [4.69, 9.17) is 5.73 Å². The quantitative estimate of drug-likeness (QED) is 0.658. The number of sulfonamides is 2. The molecule has 0 bridgehead atoms. The third-order valence-corrected chi connectivity index (χ3v) is 7.47. The number of hydrogen-bond acceptors (Lipinski definition) is 5. The molecule has 0 aliphatic heterocycles. The van der Waals surface area contributed by atoms with Crippen LogP contribution >= 0.6 is 12.4 Å². The molecular weight excluding hydrogens is 374 g/mol. The number of rotatable bonds is 6. The largest absolute Gasteiger partial charge is 0.329 e. The molecule has 138 valence electrons. The van der Waals surface area contributed by atoms with Gasteiger partial charge in [0.05, 0.1) is 9.79 Å². The van der Waals surface area contributed by atoms with Crippen molar-refractivity contribution < 1.29 is 16.8 Å². The molecule has 0 saturated heterocycles. The van der Waals surface area contributed by atoms with Crippen molar-refractivity contribution in [1.29, 1.82) is 0 Å². The zero-order chi connectivity index (χ0) is 17.3. The van der Waals surface area contributed by atoms with Crippen LogP contribution in [-0.2, 0) is 20.0 Å². The van der Waals surface area contributed by atoms with Crippen molar-refractivity contribution in [3.05, 3.63) is 23.8 Å². The fourth-order valence-electron chi connectivity index (χ4n) is 2.94. The lowest BCUT2D eigenvalue weighted by Gasteiger charge is -2.28. The second-order valence-corrected chi connectivity index (χ2v) is 9.47. The summed E-state index contributed by atoms with van der Waals surface area (Å²) in [5, 5.41) is 0. The summed E-state index contributed by atoms with van der Waals surface area (Å²) in [4.78, 5) is 0.109. The Morgan fingerprint density at radius 1 is 1.12 bits per heavy atom. The average Bonchev–Trinajstić information content (AvgIpc) is 2.95. The van der Waals surface area contributed by atoms with Crippen LogP contribution in [0.4, 0.5) is 0 Å². The first-order valence-electron chi connectivity index (χ1n) is 7.44. The lowest BCUT2D eigenvalue weighted by atomic mass is 10.0. The molecule has 1 aliphatic rings. The van der Waals surface area contributed by atoms with E-state index in [0.29, 0.717) is 18.4 Å². The molecule has 2 rings (SSSR count). The predicted octanol–water partition coefficient (Wildman–Crippen LogP) is 0.875. The van der Waals surface area contributed by atoms with Gasteiger partial charge in [0.1, 0.15) is 0 Å². The van der Waals surface area contributed by atoms with Gasteiger partial charge in [0.15, 0.2) is 0 Å². The van der Waals surface area contributed by atoms with Crippen molar-refractivity contribution >= 4 is 32.5 Å². The van der Waals surface area contributed by atoms with E-state index in [1.54, 1.807) is 6.92 Å². The molecule has 7 nitrogen and oxygen atoms in total. The van der Waals surface area contributed by atoms with E-state index < -0.39 is 25.6 Å². The fourth-order valence-corrected chi connectivity index (χ4v) is 5.45. The number of nitrogens with two attached hydrogens (primary N) is 1. The molecule has 0 heterocycles. The van der Waals surface area contributed by atoms with Crippen LogP contribution < -0.4 is 15.2 Å². The van der Waals surface area contributed by atoms with Crippen LogP contribution in [0.25, 0.3) is 0 Å². The van der Waals surface area contributed by atoms with Crippen LogP contribution in [0.2, 0.25) is 0 Å². The highest BCUT2D eigenvalue weighted by Crippen LogP contribution is 2.30. The average molecular weight is 398 g/mol. The molecule has 1 saturated carbocycles. The minimum Gasteiger partial charge on any atom is -0.329 e. The Bertz CT molecular complexity index is 788. The molecule has 0 aromatic heterocycles. The molecule has 0 unspecified atom stereocenters.